The largest absolute Gasteiger partial charge is 0.451 e. The summed E-state index contributed by atoms with van der Waals surface area (Å²) in [5, 5.41) is 21.9. The monoisotopic (exact) mass is 391 g/mol. The van der Waals surface area contributed by atoms with Gasteiger partial charge in [0.25, 0.3) is 0 Å². The molecule has 4 atom stereocenters. The summed E-state index contributed by atoms with van der Waals surface area (Å²) < 4.78 is 60.4. The molecule has 4 rings (SSSR count). The van der Waals surface area contributed by atoms with Gasteiger partial charge in [-0.2, -0.15) is 13.2 Å². The third-order valence-electron chi connectivity index (χ3n) is 4.87. The molecule has 1 saturated heterocycles. The first-order valence-corrected chi connectivity index (χ1v) is 8.46. The number of ether oxygens (including phenoxy) is 1. The summed E-state index contributed by atoms with van der Waals surface area (Å²) in [7, 11) is 0. The minimum Gasteiger partial charge on any atom is -0.394 e. The van der Waals surface area contributed by atoms with Gasteiger partial charge in [0.2, 0.25) is 5.82 Å². The van der Waals surface area contributed by atoms with Crippen LogP contribution in [0.2, 0.25) is 0 Å². The van der Waals surface area contributed by atoms with Crippen LogP contribution in [0.4, 0.5) is 23.4 Å². The predicted octanol–water partition coefficient (Wildman–Crippen LogP) is 1.40. The van der Waals surface area contributed by atoms with Crippen molar-refractivity contribution in [2.75, 3.05) is 11.9 Å². The molecule has 27 heavy (non-hydrogen) atoms. The lowest BCUT2D eigenvalue weighted by Crippen LogP contribution is -2.30. The molecule has 1 aliphatic carbocycles. The molecule has 1 saturated carbocycles. The van der Waals surface area contributed by atoms with E-state index >= 15 is 0 Å². The number of rotatable bonds is 4. The van der Waals surface area contributed by atoms with Gasteiger partial charge in [0, 0.05) is 6.04 Å². The second-order valence-electron chi connectivity index (χ2n) is 6.67. The van der Waals surface area contributed by atoms with Crippen LogP contribution in [0.1, 0.15) is 31.3 Å². The molecule has 0 bridgehead atoms. The van der Waals surface area contributed by atoms with Gasteiger partial charge in [0.15, 0.2) is 29.4 Å². The van der Waals surface area contributed by atoms with Crippen molar-refractivity contribution < 1.29 is 32.5 Å². The Balaban J connectivity index is 1.79. The van der Waals surface area contributed by atoms with E-state index in [2.05, 4.69) is 20.3 Å². The van der Waals surface area contributed by atoms with Crippen molar-refractivity contribution in [2.24, 2.45) is 0 Å². The van der Waals surface area contributed by atoms with Crippen molar-refractivity contribution in [3.05, 3.63) is 12.2 Å². The van der Waals surface area contributed by atoms with E-state index in [-0.39, 0.29) is 23.0 Å². The van der Waals surface area contributed by atoms with Gasteiger partial charge in [-0.3, -0.25) is 4.57 Å². The number of hydrogen-bond acceptors (Lipinski definition) is 7. The molecular formula is C15H17F4N5O3. The van der Waals surface area contributed by atoms with E-state index in [0.717, 1.165) is 30.2 Å². The molecular weight excluding hydrogens is 374 g/mol. The van der Waals surface area contributed by atoms with E-state index in [0.29, 0.717) is 0 Å². The van der Waals surface area contributed by atoms with Crippen molar-refractivity contribution >= 4 is 17.0 Å². The molecule has 2 aromatic heterocycles. The first-order valence-electron chi connectivity index (χ1n) is 8.46. The second kappa shape index (κ2) is 6.53. The molecule has 2 aromatic rings. The van der Waals surface area contributed by atoms with Gasteiger partial charge in [0.05, 0.1) is 12.9 Å². The normalized spacial score (nSPS) is 29.3. The number of aliphatic hydroxyl groups is 2. The van der Waals surface area contributed by atoms with Gasteiger partial charge in [-0.1, -0.05) is 0 Å². The third-order valence-corrected chi connectivity index (χ3v) is 4.87. The standard InChI is InChI=1S/C15H17F4N5O3/c16-8-10(26)7(4-25)27-13(8)24-5-20-9-11(21-6-2-1-3-6)22-14(15(17,18)19)23-12(9)24/h5-8,10,13,25-26H,1-4H2,(H,21,22,23)/t7-,8-,10?,13-/m1/s1. The molecule has 3 heterocycles. The fourth-order valence-electron chi connectivity index (χ4n) is 3.15. The van der Waals surface area contributed by atoms with E-state index in [1.165, 1.54) is 0 Å². The van der Waals surface area contributed by atoms with Crippen LogP contribution >= 0.6 is 0 Å². The maximum absolute atomic E-state index is 14.4. The van der Waals surface area contributed by atoms with E-state index < -0.39 is 43.2 Å². The van der Waals surface area contributed by atoms with Crippen LogP contribution in [0.25, 0.3) is 11.2 Å². The Morgan fingerprint density at radius 2 is 2.04 bits per heavy atom. The summed E-state index contributed by atoms with van der Waals surface area (Å²) >= 11 is 0. The first kappa shape index (κ1) is 18.3. The highest BCUT2D eigenvalue weighted by Gasteiger charge is 2.46. The van der Waals surface area contributed by atoms with Crippen LogP contribution in [0.5, 0.6) is 0 Å². The Morgan fingerprint density at radius 3 is 2.59 bits per heavy atom. The van der Waals surface area contributed by atoms with E-state index in [9.17, 15) is 22.7 Å². The van der Waals surface area contributed by atoms with Crippen molar-refractivity contribution in [3.63, 3.8) is 0 Å². The molecule has 3 N–H and O–H groups in total. The van der Waals surface area contributed by atoms with Crippen molar-refractivity contribution in [1.82, 2.24) is 19.5 Å². The fraction of sp³-hybridized carbons (Fsp3) is 0.667. The first-order chi connectivity index (χ1) is 12.8. The SMILES string of the molecule is OC[C@H]1O[C@@H](n2cnc3c(NC4CCC4)nc(C(F)(F)F)nc32)[C@H](F)C1O. The van der Waals surface area contributed by atoms with Crippen molar-refractivity contribution in [1.29, 1.82) is 0 Å². The third kappa shape index (κ3) is 3.11. The highest BCUT2D eigenvalue weighted by Crippen LogP contribution is 2.36. The quantitative estimate of drug-likeness (QED) is 0.677. The van der Waals surface area contributed by atoms with Gasteiger partial charge >= 0.3 is 6.18 Å². The molecule has 12 heteroatoms. The summed E-state index contributed by atoms with van der Waals surface area (Å²) in [6.45, 7) is -0.637. The zero-order valence-electron chi connectivity index (χ0n) is 13.9. The summed E-state index contributed by atoms with van der Waals surface area (Å²) in [6.07, 6.45) is -7.39. The number of fused-ring (bicyclic) bond motifs is 1. The van der Waals surface area contributed by atoms with Crippen LogP contribution < -0.4 is 5.32 Å². The van der Waals surface area contributed by atoms with E-state index in [4.69, 9.17) is 9.84 Å². The Bertz CT molecular complexity index is 841. The number of alkyl halides is 4. The average Bonchev–Trinajstić information content (AvgIpc) is 3.12. The highest BCUT2D eigenvalue weighted by molar-refractivity contribution is 5.83. The zero-order valence-corrected chi connectivity index (χ0v) is 13.9. The highest BCUT2D eigenvalue weighted by atomic mass is 19.4. The predicted molar refractivity (Wildman–Crippen MR) is 83.5 cm³/mol. The van der Waals surface area contributed by atoms with Gasteiger partial charge in [-0.15, -0.1) is 0 Å². The summed E-state index contributed by atoms with van der Waals surface area (Å²) in [5.41, 5.74) is -0.217. The minimum atomic E-state index is -4.81. The lowest BCUT2D eigenvalue weighted by atomic mass is 9.93. The Hall–Kier alpha value is -2.05. The lowest BCUT2D eigenvalue weighted by molar-refractivity contribution is -0.144. The molecule has 8 nitrogen and oxygen atoms in total. The van der Waals surface area contributed by atoms with Crippen LogP contribution in [0.15, 0.2) is 6.33 Å². The second-order valence-corrected chi connectivity index (χ2v) is 6.67. The zero-order chi connectivity index (χ0) is 19.3. The molecule has 148 valence electrons. The summed E-state index contributed by atoms with van der Waals surface area (Å²) in [4.78, 5) is 11.1. The molecule has 0 spiro atoms. The van der Waals surface area contributed by atoms with E-state index in [1.807, 2.05) is 0 Å². The Morgan fingerprint density at radius 1 is 1.30 bits per heavy atom. The van der Waals surface area contributed by atoms with Crippen molar-refractivity contribution in [3.8, 4) is 0 Å². The smallest absolute Gasteiger partial charge is 0.394 e. The molecule has 1 unspecified atom stereocenters. The Labute approximate surface area is 150 Å². The molecule has 0 radical (unpaired) electrons. The summed E-state index contributed by atoms with van der Waals surface area (Å²) in [6, 6.07) is -0.00780. The lowest BCUT2D eigenvalue weighted by Gasteiger charge is -2.27. The molecule has 0 aromatic carbocycles. The van der Waals surface area contributed by atoms with Crippen LogP contribution in [0, 0.1) is 0 Å². The number of aromatic nitrogens is 4. The molecule has 0 amide bonds. The average molecular weight is 391 g/mol. The Kier molecular flexibility index (Phi) is 4.43. The maximum atomic E-state index is 14.4. The number of hydrogen-bond donors (Lipinski definition) is 3. The maximum Gasteiger partial charge on any atom is 0.451 e. The van der Waals surface area contributed by atoms with E-state index in [1.54, 1.807) is 0 Å². The number of aliphatic hydroxyl groups excluding tert-OH is 2. The fourth-order valence-corrected chi connectivity index (χ4v) is 3.15. The van der Waals surface area contributed by atoms with Crippen molar-refractivity contribution in [2.45, 2.75) is 56.1 Å². The molecule has 2 fully saturated rings. The number of imidazole rings is 1. The van der Waals surface area contributed by atoms with Crippen LogP contribution in [0.3, 0.4) is 0 Å². The topological polar surface area (TPSA) is 105 Å². The summed E-state index contributed by atoms with van der Waals surface area (Å²) in [5.74, 6) is -1.46. The number of anilines is 1. The van der Waals surface area contributed by atoms with Crippen LogP contribution in [-0.2, 0) is 10.9 Å². The molecule has 2 aliphatic rings. The number of nitrogens with zero attached hydrogens (tertiary/aromatic N) is 4. The minimum absolute atomic E-state index is 0.00780. The van der Waals surface area contributed by atoms with Gasteiger partial charge in [0.1, 0.15) is 12.2 Å². The number of nitrogens with one attached hydrogen (secondary N) is 1. The van der Waals surface area contributed by atoms with Crippen LogP contribution in [-0.4, -0.2) is 60.8 Å². The molecule has 1 aliphatic heterocycles. The van der Waals surface area contributed by atoms with Gasteiger partial charge < -0.3 is 20.3 Å². The van der Waals surface area contributed by atoms with Gasteiger partial charge in [-0.25, -0.2) is 19.3 Å². The number of halogens is 4. The van der Waals surface area contributed by atoms with Gasteiger partial charge in [-0.05, 0) is 19.3 Å².